The van der Waals surface area contributed by atoms with Gasteiger partial charge in [0.1, 0.15) is 6.29 Å². The lowest BCUT2D eigenvalue weighted by atomic mass is 9.60. The fraction of sp³-hybridized carbons (Fsp3) is 0.909. The number of hydrogen-bond donors (Lipinski definition) is 0. The van der Waals surface area contributed by atoms with Crippen LogP contribution in [0.25, 0.3) is 0 Å². The molecule has 12 heavy (non-hydrogen) atoms. The van der Waals surface area contributed by atoms with Crippen LogP contribution >= 0.6 is 0 Å². The maximum atomic E-state index is 10.9. The summed E-state index contributed by atoms with van der Waals surface area (Å²) in [6.45, 7) is 8.92. The van der Waals surface area contributed by atoms with Gasteiger partial charge >= 0.3 is 0 Å². The largest absolute Gasteiger partial charge is 0.303 e. The average molecular weight is 168 g/mol. The Morgan fingerprint density at radius 2 is 1.83 bits per heavy atom. The summed E-state index contributed by atoms with van der Waals surface area (Å²) in [7, 11) is 0. The number of aldehydes is 1. The van der Waals surface area contributed by atoms with Gasteiger partial charge < -0.3 is 4.79 Å². The van der Waals surface area contributed by atoms with Crippen LogP contribution in [0.4, 0.5) is 0 Å². The lowest BCUT2D eigenvalue weighted by Gasteiger charge is -2.44. The number of carbonyl (C=O) groups is 1. The third kappa shape index (κ3) is 1.41. The second-order valence-corrected chi connectivity index (χ2v) is 4.94. The van der Waals surface area contributed by atoms with Gasteiger partial charge in [-0.2, -0.15) is 0 Å². The summed E-state index contributed by atoms with van der Waals surface area (Å²) in [5.74, 6) is 1.53. The van der Waals surface area contributed by atoms with Crippen molar-refractivity contribution in [3.05, 3.63) is 0 Å². The number of carbonyl (C=O) groups excluding carboxylic acids is 1. The quantitative estimate of drug-likeness (QED) is 0.550. The van der Waals surface area contributed by atoms with Crippen molar-refractivity contribution in [2.45, 2.75) is 40.5 Å². The van der Waals surface area contributed by atoms with Crippen LogP contribution in [0.5, 0.6) is 0 Å². The number of hydrogen-bond acceptors (Lipinski definition) is 1. The van der Waals surface area contributed by atoms with Crippen LogP contribution in [0.1, 0.15) is 40.5 Å². The monoisotopic (exact) mass is 168 g/mol. The molecule has 0 amide bonds. The molecule has 70 valence electrons. The highest BCUT2D eigenvalue weighted by Crippen LogP contribution is 2.46. The van der Waals surface area contributed by atoms with Crippen molar-refractivity contribution in [3.8, 4) is 0 Å². The van der Waals surface area contributed by atoms with E-state index in [-0.39, 0.29) is 11.3 Å². The molecule has 0 aromatic rings. The molecule has 1 fully saturated rings. The van der Waals surface area contributed by atoms with E-state index in [9.17, 15) is 4.79 Å². The molecule has 3 atom stereocenters. The van der Waals surface area contributed by atoms with Gasteiger partial charge in [-0.25, -0.2) is 0 Å². The van der Waals surface area contributed by atoms with Crippen LogP contribution in [-0.4, -0.2) is 6.29 Å². The average Bonchev–Trinajstić information content (AvgIpc) is 1.98. The zero-order chi connectivity index (χ0) is 9.35. The Hall–Kier alpha value is -0.330. The smallest absolute Gasteiger partial charge is 0.123 e. The van der Waals surface area contributed by atoms with E-state index in [2.05, 4.69) is 27.7 Å². The van der Waals surface area contributed by atoms with Crippen LogP contribution in [0.15, 0.2) is 0 Å². The standard InChI is InChI=1S/C11H20O/c1-8-5-6-9(2)11(3,4)10(8)7-12/h7-10H,5-6H2,1-4H3/t8-,9-,10?/m0/s1. The van der Waals surface area contributed by atoms with Gasteiger partial charge in [-0.15, -0.1) is 0 Å². The summed E-state index contributed by atoms with van der Waals surface area (Å²) >= 11 is 0. The molecule has 1 saturated carbocycles. The van der Waals surface area contributed by atoms with Crippen LogP contribution in [0, 0.1) is 23.2 Å². The van der Waals surface area contributed by atoms with Crippen molar-refractivity contribution in [2.75, 3.05) is 0 Å². The molecule has 0 bridgehead atoms. The minimum Gasteiger partial charge on any atom is -0.303 e. The zero-order valence-corrected chi connectivity index (χ0v) is 8.63. The van der Waals surface area contributed by atoms with E-state index in [1.54, 1.807) is 0 Å². The summed E-state index contributed by atoms with van der Waals surface area (Å²) in [4.78, 5) is 10.9. The Morgan fingerprint density at radius 3 is 2.25 bits per heavy atom. The van der Waals surface area contributed by atoms with Crippen molar-refractivity contribution in [1.82, 2.24) is 0 Å². The van der Waals surface area contributed by atoms with Gasteiger partial charge in [0.2, 0.25) is 0 Å². The van der Waals surface area contributed by atoms with Gasteiger partial charge in [0, 0.05) is 5.92 Å². The fourth-order valence-corrected chi connectivity index (χ4v) is 2.44. The van der Waals surface area contributed by atoms with Crippen LogP contribution in [0.3, 0.4) is 0 Å². The second-order valence-electron chi connectivity index (χ2n) is 4.94. The fourth-order valence-electron chi connectivity index (χ4n) is 2.44. The van der Waals surface area contributed by atoms with Crippen molar-refractivity contribution in [2.24, 2.45) is 23.2 Å². The summed E-state index contributed by atoms with van der Waals surface area (Å²) < 4.78 is 0. The maximum Gasteiger partial charge on any atom is 0.123 e. The molecular weight excluding hydrogens is 148 g/mol. The Bertz CT molecular complexity index is 172. The number of rotatable bonds is 1. The molecule has 1 nitrogen and oxygen atoms in total. The van der Waals surface area contributed by atoms with Gasteiger partial charge in [0.15, 0.2) is 0 Å². The molecule has 0 aliphatic heterocycles. The van der Waals surface area contributed by atoms with Gasteiger partial charge in [0.05, 0.1) is 0 Å². The Morgan fingerprint density at radius 1 is 1.25 bits per heavy atom. The first-order chi connectivity index (χ1) is 5.50. The van der Waals surface area contributed by atoms with Crippen LogP contribution in [-0.2, 0) is 4.79 Å². The van der Waals surface area contributed by atoms with Crippen LogP contribution in [0.2, 0.25) is 0 Å². The molecule has 0 radical (unpaired) electrons. The highest BCUT2D eigenvalue weighted by Gasteiger charge is 2.41. The molecule has 0 aromatic carbocycles. The zero-order valence-electron chi connectivity index (χ0n) is 8.63. The molecule has 1 unspecified atom stereocenters. The molecule has 1 aliphatic rings. The second kappa shape index (κ2) is 3.20. The van der Waals surface area contributed by atoms with Crippen molar-refractivity contribution in [1.29, 1.82) is 0 Å². The predicted molar refractivity (Wildman–Crippen MR) is 50.9 cm³/mol. The van der Waals surface area contributed by atoms with Crippen LogP contribution < -0.4 is 0 Å². The molecule has 1 rings (SSSR count). The Kier molecular flexibility index (Phi) is 2.60. The lowest BCUT2D eigenvalue weighted by molar-refractivity contribution is -0.120. The first-order valence-electron chi connectivity index (χ1n) is 4.95. The van der Waals surface area contributed by atoms with Crippen molar-refractivity contribution < 1.29 is 4.79 Å². The topological polar surface area (TPSA) is 17.1 Å². The first kappa shape index (κ1) is 9.76. The van der Waals surface area contributed by atoms with E-state index in [0.29, 0.717) is 11.8 Å². The summed E-state index contributed by atoms with van der Waals surface area (Å²) in [5.41, 5.74) is 0.208. The minimum absolute atomic E-state index is 0.208. The van der Waals surface area contributed by atoms with E-state index >= 15 is 0 Å². The molecular formula is C11H20O. The van der Waals surface area contributed by atoms with Gasteiger partial charge in [-0.1, -0.05) is 27.7 Å². The molecule has 1 heteroatoms. The van der Waals surface area contributed by atoms with Crippen molar-refractivity contribution in [3.63, 3.8) is 0 Å². The SMILES string of the molecule is C[C@H]1CC[C@H](C)C(C)(C)C1C=O. The third-order valence-corrected chi connectivity index (χ3v) is 3.94. The molecule has 1 aliphatic carbocycles. The lowest BCUT2D eigenvalue weighted by Crippen LogP contribution is -2.40. The molecule has 0 heterocycles. The Balaban J connectivity index is 2.83. The van der Waals surface area contributed by atoms with E-state index in [4.69, 9.17) is 0 Å². The highest BCUT2D eigenvalue weighted by atomic mass is 16.1. The predicted octanol–water partition coefficient (Wildman–Crippen LogP) is 2.89. The van der Waals surface area contributed by atoms with E-state index in [1.165, 1.54) is 19.1 Å². The summed E-state index contributed by atoms with van der Waals surface area (Å²) in [5, 5.41) is 0. The van der Waals surface area contributed by atoms with E-state index in [0.717, 1.165) is 0 Å². The van der Waals surface area contributed by atoms with E-state index < -0.39 is 0 Å². The molecule has 0 N–H and O–H groups in total. The Labute approximate surface area is 75.5 Å². The molecule has 0 saturated heterocycles. The van der Waals surface area contributed by atoms with E-state index in [1.807, 2.05) is 0 Å². The molecule has 0 spiro atoms. The van der Waals surface area contributed by atoms with Gasteiger partial charge in [-0.3, -0.25) is 0 Å². The van der Waals surface area contributed by atoms with Gasteiger partial charge in [-0.05, 0) is 30.1 Å². The third-order valence-electron chi connectivity index (χ3n) is 3.94. The minimum atomic E-state index is 0.208. The van der Waals surface area contributed by atoms with Gasteiger partial charge in [0.25, 0.3) is 0 Å². The summed E-state index contributed by atoms with van der Waals surface area (Å²) in [6.07, 6.45) is 3.66. The highest BCUT2D eigenvalue weighted by molar-refractivity contribution is 5.55. The van der Waals surface area contributed by atoms with Crippen molar-refractivity contribution >= 4 is 6.29 Å². The maximum absolute atomic E-state index is 10.9. The normalized spacial score (nSPS) is 40.8. The first-order valence-corrected chi connectivity index (χ1v) is 4.95. The summed E-state index contributed by atoms with van der Waals surface area (Å²) in [6, 6.07) is 0. The molecule has 0 aromatic heterocycles.